The summed E-state index contributed by atoms with van der Waals surface area (Å²) in [4.78, 5) is 3.94. The van der Waals surface area contributed by atoms with Gasteiger partial charge in [-0.25, -0.2) is 4.98 Å². The van der Waals surface area contributed by atoms with Crippen molar-refractivity contribution in [1.29, 1.82) is 0 Å². The van der Waals surface area contributed by atoms with Crippen molar-refractivity contribution in [1.82, 2.24) is 15.2 Å². The smallest absolute Gasteiger partial charge is 0.170 e. The summed E-state index contributed by atoms with van der Waals surface area (Å²) in [5.41, 5.74) is 9.66. The molecule has 1 aliphatic carbocycles. The number of hydrogen-bond acceptors (Lipinski definition) is 4. The number of aryl methyl sites for hydroxylation is 1. The average Bonchev–Trinajstić information content (AvgIpc) is 2.74. The maximum absolute atomic E-state index is 9.58. The number of halogens is 1. The highest BCUT2D eigenvalue weighted by Gasteiger charge is 2.17. The molecule has 2 aromatic heterocycles. The Balaban J connectivity index is 2.06. The van der Waals surface area contributed by atoms with E-state index in [2.05, 4.69) is 15.2 Å². The van der Waals surface area contributed by atoms with Crippen LogP contribution in [0.3, 0.4) is 0 Å². The van der Waals surface area contributed by atoms with Gasteiger partial charge < -0.3 is 10.8 Å². The van der Waals surface area contributed by atoms with Crippen molar-refractivity contribution in [3.63, 3.8) is 0 Å². The van der Waals surface area contributed by atoms with Gasteiger partial charge in [0.25, 0.3) is 0 Å². The molecule has 0 spiro atoms. The van der Waals surface area contributed by atoms with Crippen molar-refractivity contribution in [3.8, 4) is 5.75 Å². The summed E-state index contributed by atoms with van der Waals surface area (Å²) in [5.74, 6) is 0.481. The lowest BCUT2D eigenvalue weighted by Crippen LogP contribution is -1.99. The summed E-state index contributed by atoms with van der Waals surface area (Å²) in [7, 11) is 0. The highest BCUT2D eigenvalue weighted by molar-refractivity contribution is 6.30. The fourth-order valence-electron chi connectivity index (χ4n) is 2.10. The minimum atomic E-state index is -0.0129. The van der Waals surface area contributed by atoms with Crippen LogP contribution in [0, 0.1) is 0 Å². The zero-order valence-corrected chi connectivity index (χ0v) is 10.2. The molecule has 5 nitrogen and oxygen atoms in total. The Bertz CT molecular complexity index is 648. The molecule has 0 bridgehead atoms. The van der Waals surface area contributed by atoms with Gasteiger partial charge in [-0.1, -0.05) is 11.6 Å². The first-order valence-corrected chi connectivity index (χ1v) is 5.91. The molecule has 0 saturated carbocycles. The number of nitrogen functional groups attached to an aromatic ring is 1. The van der Waals surface area contributed by atoms with Gasteiger partial charge in [0.05, 0.1) is 0 Å². The zero-order chi connectivity index (χ0) is 12.7. The van der Waals surface area contributed by atoms with Crippen molar-refractivity contribution in [3.05, 3.63) is 34.2 Å². The fraction of sp³-hybridized carbons (Fsp3) is 0.167. The summed E-state index contributed by atoms with van der Waals surface area (Å²) in [5, 5.41) is 16.6. The van der Waals surface area contributed by atoms with E-state index in [0.717, 1.165) is 35.2 Å². The molecule has 4 N–H and O–H groups in total. The molecule has 92 valence electrons. The fourth-order valence-corrected chi connectivity index (χ4v) is 2.20. The Hall–Kier alpha value is -2.01. The second-order valence-corrected chi connectivity index (χ2v) is 4.56. The number of aromatic amines is 1. The molecular weight excluding hydrogens is 252 g/mol. The minimum absolute atomic E-state index is 0.0129. The van der Waals surface area contributed by atoms with E-state index in [1.807, 2.05) is 6.08 Å². The number of pyridine rings is 1. The number of anilines is 1. The van der Waals surface area contributed by atoms with Crippen LogP contribution in [-0.2, 0) is 6.42 Å². The van der Waals surface area contributed by atoms with Gasteiger partial charge >= 0.3 is 0 Å². The molecule has 18 heavy (non-hydrogen) atoms. The summed E-state index contributed by atoms with van der Waals surface area (Å²) in [6.07, 6.45) is 5.31. The number of hydrogen-bond donors (Lipinski definition) is 3. The van der Waals surface area contributed by atoms with E-state index >= 15 is 0 Å². The molecule has 2 heterocycles. The number of aromatic hydroxyl groups is 1. The molecule has 1 aliphatic rings. The monoisotopic (exact) mass is 262 g/mol. The Morgan fingerprint density at radius 2 is 2.22 bits per heavy atom. The van der Waals surface area contributed by atoms with Gasteiger partial charge in [0.15, 0.2) is 16.7 Å². The summed E-state index contributed by atoms with van der Waals surface area (Å²) >= 11 is 5.69. The molecule has 0 radical (unpaired) electrons. The summed E-state index contributed by atoms with van der Waals surface area (Å²) in [6, 6.07) is 1.61. The molecule has 0 fully saturated rings. The van der Waals surface area contributed by atoms with Crippen molar-refractivity contribution in [2.24, 2.45) is 0 Å². The number of nitrogens with zero attached hydrogens (tertiary/aromatic N) is 2. The van der Waals surface area contributed by atoms with Crippen molar-refractivity contribution < 1.29 is 5.11 Å². The van der Waals surface area contributed by atoms with Gasteiger partial charge in [0.2, 0.25) is 0 Å². The molecular formula is C12H11ClN4O. The van der Waals surface area contributed by atoms with Gasteiger partial charge in [-0.2, -0.15) is 5.10 Å². The molecule has 0 amide bonds. The maximum atomic E-state index is 9.58. The van der Waals surface area contributed by atoms with E-state index in [1.165, 1.54) is 0 Å². The minimum Gasteiger partial charge on any atom is -0.505 e. The van der Waals surface area contributed by atoms with Gasteiger partial charge in [-0.15, -0.1) is 0 Å². The molecule has 0 aliphatic heterocycles. The third kappa shape index (κ3) is 1.73. The third-order valence-corrected chi connectivity index (χ3v) is 3.36. The first-order valence-electron chi connectivity index (χ1n) is 5.53. The molecule has 0 aromatic carbocycles. The Morgan fingerprint density at radius 1 is 1.39 bits per heavy atom. The van der Waals surface area contributed by atoms with E-state index in [9.17, 15) is 5.11 Å². The van der Waals surface area contributed by atoms with E-state index in [4.69, 9.17) is 17.3 Å². The number of rotatable bonds is 1. The number of aromatic nitrogens is 3. The lowest BCUT2D eigenvalue weighted by atomic mass is 9.93. The Labute approximate surface area is 108 Å². The van der Waals surface area contributed by atoms with Crippen LogP contribution in [0.25, 0.3) is 11.6 Å². The second kappa shape index (κ2) is 4.03. The Morgan fingerprint density at radius 3 is 3.00 bits per heavy atom. The van der Waals surface area contributed by atoms with Crippen LogP contribution in [0.15, 0.2) is 12.3 Å². The molecule has 0 unspecified atom stereocenters. The van der Waals surface area contributed by atoms with Crippen molar-refractivity contribution in [2.75, 3.05) is 5.73 Å². The van der Waals surface area contributed by atoms with Crippen molar-refractivity contribution in [2.45, 2.75) is 12.8 Å². The topological polar surface area (TPSA) is 87.8 Å². The Kier molecular flexibility index (Phi) is 2.48. The number of allylic oxidation sites excluding steroid dienone is 1. The SMILES string of the molecule is Nc1n[nH]c2c1C=C(c1cnc(Cl)c(O)c1)CC2. The molecule has 3 rings (SSSR count). The van der Waals surface area contributed by atoms with Crippen LogP contribution in [-0.4, -0.2) is 20.3 Å². The molecule has 0 atom stereocenters. The quantitative estimate of drug-likeness (QED) is 0.688. The normalized spacial score (nSPS) is 14.2. The van der Waals surface area contributed by atoms with E-state index in [0.29, 0.717) is 5.82 Å². The van der Waals surface area contributed by atoms with Crippen LogP contribution in [0.4, 0.5) is 5.82 Å². The van der Waals surface area contributed by atoms with Crippen LogP contribution in [0.5, 0.6) is 5.75 Å². The van der Waals surface area contributed by atoms with Gasteiger partial charge in [0, 0.05) is 17.5 Å². The number of nitrogens with two attached hydrogens (primary N) is 1. The lowest BCUT2D eigenvalue weighted by molar-refractivity contribution is 0.473. The number of fused-ring (bicyclic) bond motifs is 1. The lowest BCUT2D eigenvalue weighted by Gasteiger charge is -2.13. The standard InChI is InChI=1S/C12H11ClN4O/c13-11-10(18)4-7(5-15-11)6-1-2-9-8(3-6)12(14)17-16-9/h3-5,18H,1-2H2,(H3,14,16,17). The third-order valence-electron chi connectivity index (χ3n) is 3.07. The predicted octanol–water partition coefficient (Wildman–Crippen LogP) is 2.23. The first kappa shape index (κ1) is 11.1. The van der Waals surface area contributed by atoms with E-state index in [-0.39, 0.29) is 10.9 Å². The highest BCUT2D eigenvalue weighted by atomic mass is 35.5. The first-order chi connectivity index (χ1) is 8.65. The summed E-state index contributed by atoms with van der Waals surface area (Å²) in [6.45, 7) is 0. The largest absolute Gasteiger partial charge is 0.505 e. The summed E-state index contributed by atoms with van der Waals surface area (Å²) < 4.78 is 0. The number of H-pyrrole nitrogens is 1. The maximum Gasteiger partial charge on any atom is 0.170 e. The van der Waals surface area contributed by atoms with Crippen LogP contribution in [0.2, 0.25) is 5.15 Å². The highest BCUT2D eigenvalue weighted by Crippen LogP contribution is 2.33. The van der Waals surface area contributed by atoms with Crippen LogP contribution in [0.1, 0.15) is 23.2 Å². The zero-order valence-electron chi connectivity index (χ0n) is 9.44. The molecule has 2 aromatic rings. The second-order valence-electron chi connectivity index (χ2n) is 4.20. The molecule has 6 heteroatoms. The van der Waals surface area contributed by atoms with Crippen LogP contribution >= 0.6 is 11.6 Å². The molecule has 0 saturated heterocycles. The van der Waals surface area contributed by atoms with Crippen molar-refractivity contribution >= 4 is 29.1 Å². The van der Waals surface area contributed by atoms with E-state index < -0.39 is 0 Å². The van der Waals surface area contributed by atoms with E-state index in [1.54, 1.807) is 12.3 Å². The number of nitrogens with one attached hydrogen (secondary N) is 1. The average molecular weight is 263 g/mol. The predicted molar refractivity (Wildman–Crippen MR) is 70.1 cm³/mol. The van der Waals surface area contributed by atoms with Gasteiger partial charge in [-0.3, -0.25) is 5.10 Å². The van der Waals surface area contributed by atoms with Gasteiger partial charge in [-0.05, 0) is 36.1 Å². The van der Waals surface area contributed by atoms with Crippen LogP contribution < -0.4 is 5.73 Å². The van der Waals surface area contributed by atoms with Gasteiger partial charge in [0.1, 0.15) is 0 Å².